The summed E-state index contributed by atoms with van der Waals surface area (Å²) < 4.78 is 0. The minimum absolute atomic E-state index is 0.0989. The van der Waals surface area contributed by atoms with Crippen LogP contribution >= 0.6 is 0 Å². The Balaban J connectivity index is 2.80. The standard InChI is InChI=1S/C16H21NO2/c1-4-13(3)11-14(5-2)9-10-15-7-6-8-16(12-15)17(18)19/h6-8,12-14H,4-5,11H2,1-3H3. The summed E-state index contributed by atoms with van der Waals surface area (Å²) in [6.07, 6.45) is 3.27. The third-order valence-corrected chi connectivity index (χ3v) is 3.35. The normalized spacial score (nSPS) is 13.2. The third-order valence-electron chi connectivity index (χ3n) is 3.35. The molecule has 0 radical (unpaired) electrons. The van der Waals surface area contributed by atoms with Crippen LogP contribution in [-0.4, -0.2) is 4.92 Å². The van der Waals surface area contributed by atoms with Crippen molar-refractivity contribution in [1.82, 2.24) is 0 Å². The van der Waals surface area contributed by atoms with Gasteiger partial charge in [0.05, 0.1) is 4.92 Å². The molecular weight excluding hydrogens is 238 g/mol. The minimum atomic E-state index is -0.387. The average molecular weight is 259 g/mol. The highest BCUT2D eigenvalue weighted by molar-refractivity contribution is 5.43. The van der Waals surface area contributed by atoms with E-state index >= 15 is 0 Å². The number of nitro benzene ring substituents is 1. The van der Waals surface area contributed by atoms with E-state index in [1.165, 1.54) is 12.1 Å². The first-order valence-electron chi connectivity index (χ1n) is 6.82. The Labute approximate surface area is 115 Å². The molecule has 0 heterocycles. The number of hydrogen-bond acceptors (Lipinski definition) is 2. The van der Waals surface area contributed by atoms with Crippen LogP contribution in [0.4, 0.5) is 5.69 Å². The Kier molecular flexibility index (Phi) is 6.08. The van der Waals surface area contributed by atoms with E-state index in [2.05, 4.69) is 32.6 Å². The fourth-order valence-electron chi connectivity index (χ4n) is 1.86. The molecule has 3 heteroatoms. The van der Waals surface area contributed by atoms with Crippen molar-refractivity contribution in [3.05, 3.63) is 39.9 Å². The van der Waals surface area contributed by atoms with Crippen LogP contribution in [0, 0.1) is 33.8 Å². The highest BCUT2D eigenvalue weighted by atomic mass is 16.6. The molecule has 19 heavy (non-hydrogen) atoms. The lowest BCUT2D eigenvalue weighted by atomic mass is 9.92. The van der Waals surface area contributed by atoms with Gasteiger partial charge in [0.15, 0.2) is 0 Å². The number of benzene rings is 1. The van der Waals surface area contributed by atoms with Gasteiger partial charge in [0.2, 0.25) is 0 Å². The molecular formula is C16H21NO2. The van der Waals surface area contributed by atoms with Crippen LogP contribution in [0.5, 0.6) is 0 Å². The zero-order valence-corrected chi connectivity index (χ0v) is 11.8. The molecule has 0 bridgehead atoms. The number of rotatable bonds is 5. The predicted octanol–water partition coefficient (Wildman–Crippen LogP) is 4.41. The predicted molar refractivity (Wildman–Crippen MR) is 77.8 cm³/mol. The van der Waals surface area contributed by atoms with E-state index in [1.54, 1.807) is 6.07 Å². The first-order chi connectivity index (χ1) is 9.06. The molecule has 0 fully saturated rings. The maximum atomic E-state index is 10.7. The second kappa shape index (κ2) is 7.58. The Morgan fingerprint density at radius 3 is 2.63 bits per heavy atom. The maximum Gasteiger partial charge on any atom is 0.270 e. The molecule has 2 atom stereocenters. The molecule has 0 N–H and O–H groups in total. The molecule has 0 aliphatic carbocycles. The molecule has 1 aromatic rings. The second-order valence-electron chi connectivity index (χ2n) is 4.93. The van der Waals surface area contributed by atoms with Crippen molar-refractivity contribution in [1.29, 1.82) is 0 Å². The highest BCUT2D eigenvalue weighted by Gasteiger charge is 2.08. The second-order valence-corrected chi connectivity index (χ2v) is 4.93. The van der Waals surface area contributed by atoms with Crippen molar-refractivity contribution in [3.8, 4) is 11.8 Å². The van der Waals surface area contributed by atoms with E-state index in [-0.39, 0.29) is 10.6 Å². The molecule has 0 amide bonds. The van der Waals surface area contributed by atoms with Crippen molar-refractivity contribution < 1.29 is 4.92 Å². The SMILES string of the molecule is CCC(C)CC(C#Cc1cccc([N+](=O)[O-])c1)CC. The Hall–Kier alpha value is -1.82. The van der Waals surface area contributed by atoms with Crippen molar-refractivity contribution in [2.75, 3.05) is 0 Å². The molecule has 0 saturated heterocycles. The summed E-state index contributed by atoms with van der Waals surface area (Å²) in [5, 5.41) is 10.7. The van der Waals surface area contributed by atoms with Gasteiger partial charge in [-0.2, -0.15) is 0 Å². The number of nitrogens with zero attached hydrogens (tertiary/aromatic N) is 1. The van der Waals surface area contributed by atoms with Crippen LogP contribution in [-0.2, 0) is 0 Å². The van der Waals surface area contributed by atoms with E-state index in [0.29, 0.717) is 11.8 Å². The molecule has 102 valence electrons. The van der Waals surface area contributed by atoms with Crippen LogP contribution in [0.25, 0.3) is 0 Å². The molecule has 3 nitrogen and oxygen atoms in total. The molecule has 0 spiro atoms. The Bertz CT molecular complexity index is 485. The molecule has 2 unspecified atom stereocenters. The monoisotopic (exact) mass is 259 g/mol. The van der Waals surface area contributed by atoms with Gasteiger partial charge in [-0.3, -0.25) is 10.1 Å². The largest absolute Gasteiger partial charge is 0.270 e. The van der Waals surface area contributed by atoms with Crippen LogP contribution in [0.1, 0.15) is 45.6 Å². The van der Waals surface area contributed by atoms with Crippen LogP contribution in [0.3, 0.4) is 0 Å². The van der Waals surface area contributed by atoms with Gasteiger partial charge in [-0.05, 0) is 24.8 Å². The van der Waals surface area contributed by atoms with Crippen LogP contribution in [0.15, 0.2) is 24.3 Å². The van der Waals surface area contributed by atoms with Gasteiger partial charge >= 0.3 is 0 Å². The summed E-state index contributed by atoms with van der Waals surface area (Å²) in [7, 11) is 0. The third kappa shape index (κ3) is 5.13. The number of non-ortho nitro benzene ring substituents is 1. The summed E-state index contributed by atoms with van der Waals surface area (Å²) in [5.74, 6) is 7.35. The number of hydrogen-bond donors (Lipinski definition) is 0. The van der Waals surface area contributed by atoms with E-state index < -0.39 is 0 Å². The lowest BCUT2D eigenvalue weighted by Crippen LogP contribution is -2.02. The topological polar surface area (TPSA) is 43.1 Å². The van der Waals surface area contributed by atoms with Gasteiger partial charge in [0, 0.05) is 23.6 Å². The fourth-order valence-corrected chi connectivity index (χ4v) is 1.86. The zero-order chi connectivity index (χ0) is 14.3. The highest BCUT2D eigenvalue weighted by Crippen LogP contribution is 2.18. The van der Waals surface area contributed by atoms with Crippen LogP contribution < -0.4 is 0 Å². The van der Waals surface area contributed by atoms with Gasteiger partial charge in [0.1, 0.15) is 0 Å². The maximum absolute atomic E-state index is 10.7. The van der Waals surface area contributed by atoms with Crippen LogP contribution in [0.2, 0.25) is 0 Å². The van der Waals surface area contributed by atoms with Crippen molar-refractivity contribution >= 4 is 5.69 Å². The smallest absolute Gasteiger partial charge is 0.258 e. The molecule has 0 aromatic heterocycles. The van der Waals surface area contributed by atoms with E-state index in [9.17, 15) is 10.1 Å². The first kappa shape index (κ1) is 15.2. The summed E-state index contributed by atoms with van der Waals surface area (Å²) in [4.78, 5) is 10.3. The average Bonchev–Trinajstić information content (AvgIpc) is 2.43. The lowest BCUT2D eigenvalue weighted by molar-refractivity contribution is -0.384. The zero-order valence-electron chi connectivity index (χ0n) is 11.8. The summed E-state index contributed by atoms with van der Waals surface area (Å²) in [5.41, 5.74) is 0.818. The molecule has 1 aromatic carbocycles. The summed E-state index contributed by atoms with van der Waals surface area (Å²) in [6.45, 7) is 6.55. The Morgan fingerprint density at radius 2 is 2.05 bits per heavy atom. The first-order valence-corrected chi connectivity index (χ1v) is 6.82. The summed E-state index contributed by atoms with van der Waals surface area (Å²) >= 11 is 0. The van der Waals surface area contributed by atoms with Gasteiger partial charge in [-0.15, -0.1) is 0 Å². The van der Waals surface area contributed by atoms with Gasteiger partial charge in [-0.25, -0.2) is 0 Å². The number of nitro groups is 1. The Morgan fingerprint density at radius 1 is 1.32 bits per heavy atom. The van der Waals surface area contributed by atoms with Crippen molar-refractivity contribution in [2.24, 2.45) is 11.8 Å². The van der Waals surface area contributed by atoms with E-state index in [4.69, 9.17) is 0 Å². The molecule has 0 aliphatic rings. The lowest BCUT2D eigenvalue weighted by Gasteiger charge is -2.12. The molecule has 0 aliphatic heterocycles. The van der Waals surface area contributed by atoms with Gasteiger partial charge in [-0.1, -0.05) is 45.1 Å². The quantitative estimate of drug-likeness (QED) is 0.446. The van der Waals surface area contributed by atoms with Crippen molar-refractivity contribution in [3.63, 3.8) is 0 Å². The minimum Gasteiger partial charge on any atom is -0.258 e. The van der Waals surface area contributed by atoms with Gasteiger partial charge < -0.3 is 0 Å². The van der Waals surface area contributed by atoms with Gasteiger partial charge in [0.25, 0.3) is 5.69 Å². The van der Waals surface area contributed by atoms with E-state index in [1.807, 2.05) is 6.07 Å². The van der Waals surface area contributed by atoms with Crippen molar-refractivity contribution in [2.45, 2.75) is 40.0 Å². The summed E-state index contributed by atoms with van der Waals surface area (Å²) in [6, 6.07) is 6.51. The molecule has 1 rings (SSSR count). The molecule has 0 saturated carbocycles. The fraction of sp³-hybridized carbons (Fsp3) is 0.500. The van der Waals surface area contributed by atoms with E-state index in [0.717, 1.165) is 24.8 Å².